The van der Waals surface area contributed by atoms with Crippen molar-refractivity contribution in [2.75, 3.05) is 21.2 Å². The molecule has 0 saturated carbocycles. The van der Waals surface area contributed by atoms with E-state index in [0.29, 0.717) is 16.3 Å². The Morgan fingerprint density at radius 2 is 2.16 bits per heavy atom. The summed E-state index contributed by atoms with van der Waals surface area (Å²) in [6.45, 7) is 0. The summed E-state index contributed by atoms with van der Waals surface area (Å²) in [4.78, 5) is 17.4. The molecule has 0 fully saturated rings. The minimum atomic E-state index is -0.448. The van der Waals surface area contributed by atoms with Crippen LogP contribution in [-0.4, -0.2) is 37.0 Å². The number of halogens is 1. The van der Waals surface area contributed by atoms with Gasteiger partial charge in [0.2, 0.25) is 0 Å². The number of benzene rings is 1. The Kier molecular flexibility index (Phi) is 3.80. The van der Waals surface area contributed by atoms with Gasteiger partial charge in [0.1, 0.15) is 10.7 Å². The van der Waals surface area contributed by atoms with E-state index in [1.54, 1.807) is 31.6 Å². The number of hydrogen-bond donors (Lipinski definition) is 0. The van der Waals surface area contributed by atoms with Crippen LogP contribution in [-0.2, 0) is 0 Å². The first-order chi connectivity index (χ1) is 9.02. The number of ether oxygens (including phenoxy) is 1. The van der Waals surface area contributed by atoms with Gasteiger partial charge in [-0.3, -0.25) is 4.79 Å². The van der Waals surface area contributed by atoms with Crippen LogP contribution in [0.25, 0.3) is 10.6 Å². The second-order valence-corrected chi connectivity index (χ2v) is 4.94. The molecule has 0 unspecified atom stereocenters. The minimum Gasteiger partial charge on any atom is -0.494 e. The number of carbonyl (C=O) groups excluding carboxylic acids is 1. The molecule has 2 rings (SSSR count). The van der Waals surface area contributed by atoms with E-state index in [9.17, 15) is 9.18 Å². The maximum atomic E-state index is 13.6. The number of hydrogen-bond acceptors (Lipinski definition) is 4. The van der Waals surface area contributed by atoms with Crippen LogP contribution in [0.4, 0.5) is 4.39 Å². The molecular formula is C13H13FN2O2S. The van der Waals surface area contributed by atoms with Crippen molar-refractivity contribution in [1.82, 2.24) is 9.88 Å². The average Bonchev–Trinajstić information content (AvgIpc) is 2.87. The normalized spacial score (nSPS) is 10.3. The molecule has 0 saturated heterocycles. The maximum absolute atomic E-state index is 13.6. The van der Waals surface area contributed by atoms with E-state index in [1.165, 1.54) is 29.4 Å². The fraction of sp³-hybridized carbons (Fsp3) is 0.231. The highest BCUT2D eigenvalue weighted by molar-refractivity contribution is 7.13. The highest BCUT2D eigenvalue weighted by Gasteiger charge is 2.14. The molecule has 6 heteroatoms. The van der Waals surface area contributed by atoms with Crippen molar-refractivity contribution in [3.8, 4) is 16.3 Å². The number of nitrogens with zero attached hydrogens (tertiary/aromatic N) is 2. The Hall–Kier alpha value is -1.95. The molecule has 4 nitrogen and oxygen atoms in total. The number of methoxy groups -OCH3 is 1. The number of carbonyl (C=O) groups is 1. The summed E-state index contributed by atoms with van der Waals surface area (Å²) in [5.74, 6) is -0.433. The Bertz CT molecular complexity index is 610. The van der Waals surface area contributed by atoms with Gasteiger partial charge in [0.05, 0.1) is 7.11 Å². The number of aromatic nitrogens is 1. The van der Waals surface area contributed by atoms with E-state index >= 15 is 0 Å². The first-order valence-corrected chi connectivity index (χ1v) is 6.42. The summed E-state index contributed by atoms with van der Waals surface area (Å²) in [5, 5.41) is 2.27. The lowest BCUT2D eigenvalue weighted by atomic mass is 10.2. The van der Waals surface area contributed by atoms with E-state index in [4.69, 9.17) is 4.74 Å². The summed E-state index contributed by atoms with van der Waals surface area (Å²) in [5.41, 5.74) is 0.988. The summed E-state index contributed by atoms with van der Waals surface area (Å²) in [6, 6.07) is 4.60. The lowest BCUT2D eigenvalue weighted by Gasteiger charge is -2.06. The molecule has 0 radical (unpaired) electrons. The van der Waals surface area contributed by atoms with Crippen LogP contribution in [0.3, 0.4) is 0 Å². The topological polar surface area (TPSA) is 42.4 Å². The van der Waals surface area contributed by atoms with Gasteiger partial charge in [0.15, 0.2) is 11.6 Å². The summed E-state index contributed by atoms with van der Waals surface area (Å²) >= 11 is 1.30. The maximum Gasteiger partial charge on any atom is 0.272 e. The van der Waals surface area contributed by atoms with Gasteiger partial charge in [0, 0.05) is 25.0 Å². The summed E-state index contributed by atoms with van der Waals surface area (Å²) in [7, 11) is 4.73. The van der Waals surface area contributed by atoms with Gasteiger partial charge in [-0.25, -0.2) is 9.37 Å². The van der Waals surface area contributed by atoms with E-state index in [2.05, 4.69) is 4.98 Å². The molecule has 0 atom stereocenters. The fourth-order valence-corrected chi connectivity index (χ4v) is 2.32. The second-order valence-electron chi connectivity index (χ2n) is 4.09. The van der Waals surface area contributed by atoms with Crippen LogP contribution >= 0.6 is 11.3 Å². The smallest absolute Gasteiger partial charge is 0.272 e. The molecule has 100 valence electrons. The molecule has 0 N–H and O–H groups in total. The zero-order valence-electron chi connectivity index (χ0n) is 10.8. The van der Waals surface area contributed by atoms with Crippen LogP contribution in [0, 0.1) is 5.82 Å². The second kappa shape index (κ2) is 5.36. The molecule has 1 amide bonds. The van der Waals surface area contributed by atoms with Gasteiger partial charge in [-0.15, -0.1) is 11.3 Å². The minimum absolute atomic E-state index is 0.170. The Labute approximate surface area is 114 Å². The van der Waals surface area contributed by atoms with E-state index < -0.39 is 5.82 Å². The molecular weight excluding hydrogens is 267 g/mol. The van der Waals surface area contributed by atoms with Gasteiger partial charge < -0.3 is 9.64 Å². The molecule has 1 heterocycles. The van der Waals surface area contributed by atoms with Crippen LogP contribution in [0.2, 0.25) is 0 Å². The summed E-state index contributed by atoms with van der Waals surface area (Å²) in [6.07, 6.45) is 0. The first kappa shape index (κ1) is 13.5. The van der Waals surface area contributed by atoms with Crippen molar-refractivity contribution in [1.29, 1.82) is 0 Å². The molecule has 0 bridgehead atoms. The zero-order valence-corrected chi connectivity index (χ0v) is 11.6. The van der Waals surface area contributed by atoms with Gasteiger partial charge in [-0.05, 0) is 18.2 Å². The molecule has 0 spiro atoms. The molecule has 0 aliphatic rings. The quantitative estimate of drug-likeness (QED) is 0.868. The van der Waals surface area contributed by atoms with Crippen LogP contribution in [0.15, 0.2) is 23.6 Å². The van der Waals surface area contributed by atoms with Gasteiger partial charge >= 0.3 is 0 Å². The Morgan fingerprint density at radius 3 is 2.74 bits per heavy atom. The van der Waals surface area contributed by atoms with Crippen molar-refractivity contribution in [3.63, 3.8) is 0 Å². The highest BCUT2D eigenvalue weighted by atomic mass is 32.1. The van der Waals surface area contributed by atoms with E-state index in [1.807, 2.05) is 0 Å². The summed E-state index contributed by atoms with van der Waals surface area (Å²) < 4.78 is 18.5. The lowest BCUT2D eigenvalue weighted by molar-refractivity contribution is 0.0823. The average molecular weight is 280 g/mol. The van der Waals surface area contributed by atoms with Crippen LogP contribution in [0.1, 0.15) is 10.5 Å². The standard InChI is InChI=1S/C13H13FN2O2S/c1-16(2)13(17)10-7-19-12(15-10)8-4-5-11(18-3)9(14)6-8/h4-7H,1-3H3. The molecule has 1 aromatic carbocycles. The van der Waals surface area contributed by atoms with Gasteiger partial charge in [-0.2, -0.15) is 0 Å². The lowest BCUT2D eigenvalue weighted by Crippen LogP contribution is -2.21. The highest BCUT2D eigenvalue weighted by Crippen LogP contribution is 2.28. The molecule has 2 aromatic rings. The third-order valence-corrected chi connectivity index (χ3v) is 3.42. The Morgan fingerprint density at radius 1 is 1.42 bits per heavy atom. The molecule has 0 aliphatic carbocycles. The van der Waals surface area contributed by atoms with Crippen molar-refractivity contribution < 1.29 is 13.9 Å². The number of thiazole rings is 1. The SMILES string of the molecule is COc1ccc(-c2nc(C(=O)N(C)C)cs2)cc1F. The third kappa shape index (κ3) is 2.73. The van der Waals surface area contributed by atoms with E-state index in [-0.39, 0.29) is 11.7 Å². The fourth-order valence-electron chi connectivity index (χ4n) is 1.53. The third-order valence-electron chi connectivity index (χ3n) is 2.53. The van der Waals surface area contributed by atoms with Crippen molar-refractivity contribution in [2.45, 2.75) is 0 Å². The number of amides is 1. The van der Waals surface area contributed by atoms with Gasteiger partial charge in [-0.1, -0.05) is 0 Å². The predicted molar refractivity (Wildman–Crippen MR) is 72.1 cm³/mol. The van der Waals surface area contributed by atoms with Crippen molar-refractivity contribution in [3.05, 3.63) is 35.1 Å². The molecule has 1 aromatic heterocycles. The van der Waals surface area contributed by atoms with Crippen LogP contribution in [0.5, 0.6) is 5.75 Å². The zero-order chi connectivity index (χ0) is 14.0. The monoisotopic (exact) mass is 280 g/mol. The largest absolute Gasteiger partial charge is 0.494 e. The number of rotatable bonds is 3. The van der Waals surface area contributed by atoms with Gasteiger partial charge in [0.25, 0.3) is 5.91 Å². The van der Waals surface area contributed by atoms with Crippen molar-refractivity contribution in [2.24, 2.45) is 0 Å². The van der Waals surface area contributed by atoms with Crippen LogP contribution < -0.4 is 4.74 Å². The van der Waals surface area contributed by atoms with Crippen molar-refractivity contribution >= 4 is 17.2 Å². The molecule has 0 aliphatic heterocycles. The Balaban J connectivity index is 2.33. The molecule has 19 heavy (non-hydrogen) atoms. The van der Waals surface area contributed by atoms with E-state index in [0.717, 1.165) is 0 Å². The first-order valence-electron chi connectivity index (χ1n) is 5.54. The predicted octanol–water partition coefficient (Wildman–Crippen LogP) is 2.66.